The Morgan fingerprint density at radius 3 is 1.82 bits per heavy atom. The summed E-state index contributed by atoms with van der Waals surface area (Å²) in [6.45, 7) is 2.11. The molecule has 4 aromatic rings. The lowest BCUT2D eigenvalue weighted by atomic mass is 9.92. The summed E-state index contributed by atoms with van der Waals surface area (Å²) in [5, 5.41) is 0. The number of rotatable bonds is 4. The second-order valence-corrected chi connectivity index (χ2v) is 6.73. The minimum absolute atomic E-state index is 0.966. The molecule has 0 spiro atoms. The molecule has 0 aliphatic rings. The zero-order chi connectivity index (χ0) is 19.2. The Balaban J connectivity index is 1.87. The second-order valence-electron chi connectivity index (χ2n) is 6.73. The number of nitrogens with zero attached hydrogens (tertiary/aromatic N) is 1. The molecule has 0 aromatic heterocycles. The molecule has 1 heteroatoms. The van der Waals surface area contributed by atoms with E-state index in [4.69, 9.17) is 0 Å². The van der Waals surface area contributed by atoms with Gasteiger partial charge in [-0.25, -0.2) is 0 Å². The Bertz CT molecular complexity index is 1120. The van der Waals surface area contributed by atoms with E-state index < -0.39 is 0 Å². The van der Waals surface area contributed by atoms with E-state index in [0.29, 0.717) is 0 Å². The molecule has 0 fully saturated rings. The van der Waals surface area contributed by atoms with Crippen LogP contribution < -0.4 is 4.67 Å². The van der Waals surface area contributed by atoms with Crippen LogP contribution in [0.25, 0.3) is 22.3 Å². The fourth-order valence-corrected chi connectivity index (χ4v) is 3.24. The van der Waals surface area contributed by atoms with Gasteiger partial charge in [0.25, 0.3) is 6.21 Å². The van der Waals surface area contributed by atoms with Gasteiger partial charge in [-0.15, -0.1) is 24.3 Å². The van der Waals surface area contributed by atoms with Crippen molar-refractivity contribution in [2.75, 3.05) is 0 Å². The van der Waals surface area contributed by atoms with Crippen LogP contribution in [-0.2, 0) is 0 Å². The highest BCUT2D eigenvalue weighted by atomic mass is 14.5. The van der Waals surface area contributed by atoms with Crippen LogP contribution in [0.3, 0.4) is 0 Å². The third-order valence-corrected chi connectivity index (χ3v) is 4.71. The molecular formula is C27H21N. The normalized spacial score (nSPS) is 10.2. The maximum absolute atomic E-state index is 4.53. The van der Waals surface area contributed by atoms with Crippen molar-refractivity contribution >= 4 is 12.4 Å². The number of hydrogen-bond donors (Lipinski definition) is 0. The molecule has 0 aliphatic carbocycles. The van der Waals surface area contributed by atoms with Crippen LogP contribution in [-0.4, -0.2) is 12.4 Å². The van der Waals surface area contributed by atoms with Gasteiger partial charge in [-0.2, -0.15) is 4.67 Å². The van der Waals surface area contributed by atoms with Gasteiger partial charge >= 0.3 is 0 Å². The molecule has 28 heavy (non-hydrogen) atoms. The van der Waals surface area contributed by atoms with Gasteiger partial charge in [0.05, 0.1) is 0 Å². The quantitative estimate of drug-likeness (QED) is 0.248. The van der Waals surface area contributed by atoms with Gasteiger partial charge in [-0.05, 0) is 29.2 Å². The predicted octanol–water partition coefficient (Wildman–Crippen LogP) is 5.81. The van der Waals surface area contributed by atoms with E-state index in [1.165, 1.54) is 22.3 Å². The molecule has 134 valence electrons. The fourth-order valence-electron chi connectivity index (χ4n) is 3.24. The van der Waals surface area contributed by atoms with Crippen molar-refractivity contribution in [3.8, 4) is 22.3 Å². The van der Waals surface area contributed by atoms with E-state index in [2.05, 4.69) is 84.5 Å². The van der Waals surface area contributed by atoms with Gasteiger partial charge in [0, 0.05) is 5.56 Å². The molecule has 0 saturated heterocycles. The molecule has 0 atom stereocenters. The minimum Gasteiger partial charge on any atom is -0.187 e. The third kappa shape index (κ3) is 4.01. The van der Waals surface area contributed by atoms with Crippen molar-refractivity contribution in [2.45, 2.75) is 6.92 Å². The molecule has 4 rings (SSSR count). The highest BCUT2D eigenvalue weighted by Gasteiger charge is 2.11. The van der Waals surface area contributed by atoms with Crippen LogP contribution in [0.2, 0.25) is 0 Å². The molecule has 0 aliphatic heterocycles. The molecule has 0 bridgehead atoms. The van der Waals surface area contributed by atoms with Crippen molar-refractivity contribution in [3.63, 3.8) is 0 Å². The summed E-state index contributed by atoms with van der Waals surface area (Å²) in [5.74, 6) is 0. The van der Waals surface area contributed by atoms with E-state index in [-0.39, 0.29) is 0 Å². The molecule has 0 N–H and O–H groups in total. The van der Waals surface area contributed by atoms with Crippen molar-refractivity contribution < 1.29 is 0 Å². The minimum atomic E-state index is 0.966. The lowest BCUT2D eigenvalue weighted by molar-refractivity contribution is 1.46. The largest absolute Gasteiger partial charge is 0.290 e. The van der Waals surface area contributed by atoms with Crippen molar-refractivity contribution in [2.24, 2.45) is 0 Å². The highest BCUT2D eigenvalue weighted by Crippen LogP contribution is 2.31. The van der Waals surface area contributed by atoms with E-state index in [0.717, 1.165) is 16.7 Å². The van der Waals surface area contributed by atoms with Gasteiger partial charge < -0.3 is 0 Å². The van der Waals surface area contributed by atoms with E-state index in [1.807, 2.05) is 42.6 Å². The number of aryl methyl sites for hydroxylation is 1. The second kappa shape index (κ2) is 8.35. The van der Waals surface area contributed by atoms with Crippen LogP contribution in [0.4, 0.5) is 0 Å². The monoisotopic (exact) mass is 359 g/mol. The summed E-state index contributed by atoms with van der Waals surface area (Å²) in [4.78, 5) is 0. The maximum Gasteiger partial charge on any atom is 0.290 e. The average Bonchev–Trinajstić information content (AvgIpc) is 2.76. The van der Waals surface area contributed by atoms with Crippen molar-refractivity contribution in [1.82, 2.24) is 4.67 Å². The van der Waals surface area contributed by atoms with Crippen LogP contribution >= 0.6 is 0 Å². The molecule has 0 saturated carbocycles. The average molecular weight is 359 g/mol. The van der Waals surface area contributed by atoms with Crippen LogP contribution in [0, 0.1) is 6.92 Å². The fraction of sp³-hybridized carbons (Fsp3) is 0.0370. The Morgan fingerprint density at radius 2 is 1.18 bits per heavy atom. The molecule has 0 radical (unpaired) electrons. The maximum atomic E-state index is 4.53. The predicted molar refractivity (Wildman–Crippen MR) is 120 cm³/mol. The zero-order valence-corrected chi connectivity index (χ0v) is 15.8. The smallest absolute Gasteiger partial charge is 0.187 e. The summed E-state index contributed by atoms with van der Waals surface area (Å²) < 4.78 is 4.53. The first-order valence-electron chi connectivity index (χ1n) is 9.41. The Labute approximate surface area is 166 Å². The molecule has 0 amide bonds. The summed E-state index contributed by atoms with van der Waals surface area (Å²) in [6, 6.07) is 35.5. The molecule has 0 heterocycles. The summed E-state index contributed by atoms with van der Waals surface area (Å²) >= 11 is 0. The van der Waals surface area contributed by atoms with Gasteiger partial charge in [0.2, 0.25) is 6.21 Å². The first kappa shape index (κ1) is 17.7. The summed E-state index contributed by atoms with van der Waals surface area (Å²) in [5.41, 5.74) is 8.01. The molecular weight excluding hydrogens is 338 g/mol. The van der Waals surface area contributed by atoms with E-state index in [9.17, 15) is 0 Å². The number of hydrogen-bond acceptors (Lipinski definition) is 0. The SMILES string of the molecule is Cc1ccc(-c2cccc(-c3ccccc3)c2C=[N+]=[C-]c2ccccc2)cc1. The Kier molecular flexibility index (Phi) is 5.29. The van der Waals surface area contributed by atoms with Gasteiger partial charge in [0.1, 0.15) is 0 Å². The van der Waals surface area contributed by atoms with Crippen molar-refractivity contribution in [3.05, 3.63) is 120 Å². The highest BCUT2D eigenvalue weighted by molar-refractivity contribution is 5.99. The standard InChI is InChI=1S/C27H21N/c1-21-15-17-24(18-16-21)26-14-8-13-25(23-11-6-3-7-12-23)27(26)20-28-19-22-9-4-2-5-10-22/h2-18,20H,1H3. The topological polar surface area (TPSA) is 14.1 Å². The third-order valence-electron chi connectivity index (χ3n) is 4.71. The first-order valence-corrected chi connectivity index (χ1v) is 9.41. The lowest BCUT2D eigenvalue weighted by Gasteiger charge is -2.11. The summed E-state index contributed by atoms with van der Waals surface area (Å²) in [7, 11) is 0. The Morgan fingerprint density at radius 1 is 0.607 bits per heavy atom. The van der Waals surface area contributed by atoms with Gasteiger partial charge in [-0.3, -0.25) is 0 Å². The van der Waals surface area contributed by atoms with Gasteiger partial charge in [0.15, 0.2) is 0 Å². The van der Waals surface area contributed by atoms with Crippen molar-refractivity contribution in [1.29, 1.82) is 0 Å². The van der Waals surface area contributed by atoms with Crippen LogP contribution in [0.5, 0.6) is 0 Å². The zero-order valence-electron chi connectivity index (χ0n) is 15.8. The van der Waals surface area contributed by atoms with E-state index >= 15 is 0 Å². The first-order chi connectivity index (χ1) is 13.8. The number of benzene rings is 4. The van der Waals surface area contributed by atoms with Gasteiger partial charge in [-0.1, -0.05) is 90.0 Å². The van der Waals surface area contributed by atoms with Crippen LogP contribution in [0.15, 0.2) is 103 Å². The van der Waals surface area contributed by atoms with Crippen LogP contribution in [0.1, 0.15) is 16.7 Å². The molecule has 4 aromatic carbocycles. The van der Waals surface area contributed by atoms with E-state index in [1.54, 1.807) is 0 Å². The Hall–Kier alpha value is -3.67. The lowest BCUT2D eigenvalue weighted by Crippen LogP contribution is -1.96. The molecule has 0 unspecified atom stereocenters. The summed E-state index contributed by atoms with van der Waals surface area (Å²) in [6.07, 6.45) is 5.05. The molecule has 1 nitrogen and oxygen atoms in total.